The molecule has 2 atom stereocenters. The number of piperidine rings is 1. The number of rotatable bonds is 9. The van der Waals surface area contributed by atoms with E-state index in [-0.39, 0.29) is 22.4 Å². The second-order valence-corrected chi connectivity index (χ2v) is 11.0. The third kappa shape index (κ3) is 7.15. The number of benzene rings is 2. The molecule has 0 radical (unpaired) electrons. The molecule has 0 aromatic heterocycles. The van der Waals surface area contributed by atoms with Crippen LogP contribution in [0.25, 0.3) is 0 Å². The van der Waals surface area contributed by atoms with Crippen LogP contribution in [0.2, 0.25) is 0 Å². The van der Waals surface area contributed by atoms with Gasteiger partial charge in [-0.05, 0) is 68.1 Å². The number of nitrogens with one attached hydrogen (secondary N) is 4. The minimum Gasteiger partial charge on any atom is -0.508 e. The molecule has 2 aliphatic heterocycles. The van der Waals surface area contributed by atoms with Crippen LogP contribution in [0, 0.1) is 5.82 Å². The van der Waals surface area contributed by atoms with Crippen molar-refractivity contribution in [2.24, 2.45) is 4.99 Å². The Labute approximate surface area is 225 Å². The molecule has 0 saturated carbocycles. The number of aromatic hydroxyl groups is 1. The second kappa shape index (κ2) is 12.3. The summed E-state index contributed by atoms with van der Waals surface area (Å²) in [4.78, 5) is 30.4. The Hall–Kier alpha value is -3.91. The molecule has 2 aliphatic rings. The maximum atomic E-state index is 15.2. The highest BCUT2D eigenvalue weighted by Crippen LogP contribution is 2.27. The number of amides is 1. The molecule has 0 spiro atoms. The van der Waals surface area contributed by atoms with Crippen LogP contribution >= 0.6 is 0 Å². The molecule has 1 amide bonds. The van der Waals surface area contributed by atoms with E-state index >= 15 is 4.39 Å². The van der Waals surface area contributed by atoms with Crippen LogP contribution in [0.1, 0.15) is 36.0 Å². The van der Waals surface area contributed by atoms with Crippen molar-refractivity contribution < 1.29 is 32.6 Å². The van der Waals surface area contributed by atoms with Gasteiger partial charge in [0.25, 0.3) is 5.91 Å². The van der Waals surface area contributed by atoms with Crippen LogP contribution in [0.4, 0.5) is 10.1 Å². The summed E-state index contributed by atoms with van der Waals surface area (Å²) in [6.07, 6.45) is 3.44. The van der Waals surface area contributed by atoms with Crippen LogP contribution < -0.4 is 25.6 Å². The molecule has 0 bridgehead atoms. The second-order valence-electron chi connectivity index (χ2n) is 9.24. The average Bonchev–Trinajstić information content (AvgIpc) is 2.92. The van der Waals surface area contributed by atoms with E-state index in [4.69, 9.17) is 0 Å². The fourth-order valence-electron chi connectivity index (χ4n) is 4.39. The van der Waals surface area contributed by atoms with Crippen molar-refractivity contribution in [2.45, 2.75) is 42.8 Å². The highest BCUT2D eigenvalue weighted by Gasteiger charge is 2.28. The number of aliphatic imine (C=N–C) groups is 1. The number of nitrogens with zero attached hydrogens (tertiary/aromatic N) is 2. The largest absolute Gasteiger partial charge is 0.508 e. The molecule has 6 N–H and O–H groups in total. The van der Waals surface area contributed by atoms with Gasteiger partial charge >= 0.3 is 5.97 Å². The van der Waals surface area contributed by atoms with Crippen molar-refractivity contribution >= 4 is 33.5 Å². The Balaban J connectivity index is 1.41. The van der Waals surface area contributed by atoms with Crippen molar-refractivity contribution in [3.63, 3.8) is 0 Å². The maximum Gasteiger partial charge on any atom is 0.323 e. The fraction of sp³-hybridized carbons (Fsp3) is 0.400. The minimum absolute atomic E-state index is 0.0402. The van der Waals surface area contributed by atoms with Gasteiger partial charge in [-0.1, -0.05) is 0 Å². The van der Waals surface area contributed by atoms with Gasteiger partial charge in [0.2, 0.25) is 10.0 Å². The summed E-state index contributed by atoms with van der Waals surface area (Å²) in [7, 11) is -4.25. The van der Waals surface area contributed by atoms with Gasteiger partial charge in [-0.2, -0.15) is 4.72 Å². The lowest BCUT2D eigenvalue weighted by atomic mass is 10.1. The number of guanidine groups is 1. The Bertz CT molecular complexity index is 1340. The number of phenols is 1. The normalized spacial score (nSPS) is 18.4. The van der Waals surface area contributed by atoms with E-state index in [1.165, 1.54) is 12.1 Å². The zero-order chi connectivity index (χ0) is 28.0. The van der Waals surface area contributed by atoms with Gasteiger partial charge in [-0.25, -0.2) is 12.8 Å². The molecular weight excluding hydrogens is 531 g/mol. The number of carboxylic acid groups (broad SMARTS) is 1. The van der Waals surface area contributed by atoms with Crippen molar-refractivity contribution in [1.29, 1.82) is 0 Å². The van der Waals surface area contributed by atoms with E-state index in [1.807, 2.05) is 9.62 Å². The van der Waals surface area contributed by atoms with E-state index in [1.54, 1.807) is 0 Å². The van der Waals surface area contributed by atoms with Gasteiger partial charge in [-0.3, -0.25) is 14.6 Å². The monoisotopic (exact) mass is 562 g/mol. The quantitative estimate of drug-likeness (QED) is 0.260. The molecule has 4 rings (SSSR count). The molecule has 1 unspecified atom stereocenters. The molecule has 1 fully saturated rings. The summed E-state index contributed by atoms with van der Waals surface area (Å²) in [6, 6.07) is 6.84. The summed E-state index contributed by atoms with van der Waals surface area (Å²) in [5.41, 5.74) is 0.284. The summed E-state index contributed by atoms with van der Waals surface area (Å²) in [6.45, 7) is 1.58. The third-order valence-electron chi connectivity index (χ3n) is 6.43. The predicted octanol–water partition coefficient (Wildman–Crippen LogP) is 0.948. The van der Waals surface area contributed by atoms with Crippen LogP contribution in [0.15, 0.2) is 52.4 Å². The SMILES string of the molecule is O=C(NC[C@H](NS(=O)(=O)c1ccc(O)cc1)C(=O)O)c1ccc(N2CCCCC2NC2=NCCCN2)c(F)c1. The molecule has 1 saturated heterocycles. The average molecular weight is 563 g/mol. The summed E-state index contributed by atoms with van der Waals surface area (Å²) in [5.74, 6) is -2.36. The summed E-state index contributed by atoms with van der Waals surface area (Å²) in [5, 5.41) is 27.7. The molecule has 2 heterocycles. The number of carbonyl (C=O) groups excluding carboxylic acids is 1. The van der Waals surface area contributed by atoms with Crippen molar-refractivity contribution in [3.8, 4) is 5.75 Å². The number of phenolic OH excluding ortho intramolecular Hbond substituents is 1. The molecule has 2 aromatic rings. The van der Waals surface area contributed by atoms with E-state index in [2.05, 4.69) is 20.9 Å². The molecule has 14 heteroatoms. The summed E-state index contributed by atoms with van der Waals surface area (Å²) < 4.78 is 42.3. The van der Waals surface area contributed by atoms with Crippen molar-refractivity contribution in [2.75, 3.05) is 31.1 Å². The number of aliphatic carboxylic acids is 1. The van der Waals surface area contributed by atoms with Gasteiger partial charge < -0.3 is 31.1 Å². The van der Waals surface area contributed by atoms with Crippen LogP contribution in [-0.4, -0.2) is 74.9 Å². The minimum atomic E-state index is -4.25. The zero-order valence-corrected chi connectivity index (χ0v) is 21.9. The first kappa shape index (κ1) is 28.1. The first-order valence-electron chi connectivity index (χ1n) is 12.6. The molecule has 210 valence electrons. The van der Waals surface area contributed by atoms with Gasteiger partial charge in [0.15, 0.2) is 5.96 Å². The Morgan fingerprint density at radius 2 is 1.92 bits per heavy atom. The first-order valence-corrected chi connectivity index (χ1v) is 14.1. The molecule has 2 aromatic carbocycles. The van der Waals surface area contributed by atoms with Crippen molar-refractivity contribution in [3.05, 3.63) is 53.8 Å². The summed E-state index contributed by atoms with van der Waals surface area (Å²) >= 11 is 0. The maximum absolute atomic E-state index is 15.2. The lowest BCUT2D eigenvalue weighted by Gasteiger charge is -2.39. The number of carbonyl (C=O) groups is 2. The molecule has 39 heavy (non-hydrogen) atoms. The zero-order valence-electron chi connectivity index (χ0n) is 21.1. The van der Waals surface area contributed by atoms with Gasteiger partial charge in [0.1, 0.15) is 23.8 Å². The number of sulfonamides is 1. The number of anilines is 1. The van der Waals surface area contributed by atoms with Crippen LogP contribution in [0.5, 0.6) is 5.75 Å². The number of hydrogen-bond acceptors (Lipinski definition) is 9. The van der Waals surface area contributed by atoms with E-state index < -0.39 is 40.3 Å². The number of hydrogen-bond donors (Lipinski definition) is 6. The van der Waals surface area contributed by atoms with E-state index in [0.717, 1.165) is 69.1 Å². The molecular formula is C25H31FN6O6S. The molecule has 0 aliphatic carbocycles. The van der Waals surface area contributed by atoms with E-state index in [9.17, 15) is 28.2 Å². The van der Waals surface area contributed by atoms with Gasteiger partial charge in [-0.15, -0.1) is 0 Å². The topological polar surface area (TPSA) is 172 Å². The van der Waals surface area contributed by atoms with Crippen molar-refractivity contribution in [1.82, 2.24) is 20.7 Å². The smallest absolute Gasteiger partial charge is 0.323 e. The van der Waals surface area contributed by atoms with Crippen LogP contribution in [0.3, 0.4) is 0 Å². The number of carboxylic acids is 1. The third-order valence-corrected chi connectivity index (χ3v) is 7.92. The van der Waals surface area contributed by atoms with E-state index in [0.29, 0.717) is 18.2 Å². The first-order chi connectivity index (χ1) is 18.6. The van der Waals surface area contributed by atoms with Gasteiger partial charge in [0, 0.05) is 31.7 Å². The highest BCUT2D eigenvalue weighted by atomic mass is 32.2. The molecule has 12 nitrogen and oxygen atoms in total. The van der Waals surface area contributed by atoms with Crippen LogP contribution in [-0.2, 0) is 14.8 Å². The van der Waals surface area contributed by atoms with Gasteiger partial charge in [0.05, 0.1) is 10.6 Å². The Morgan fingerprint density at radius 1 is 1.15 bits per heavy atom. The predicted molar refractivity (Wildman–Crippen MR) is 142 cm³/mol. The standard InChI is InChI=1S/C25H31FN6O6S/c26-19-14-16(5-10-21(19)32-13-2-1-4-22(32)30-25-27-11-3-12-28-25)23(34)29-15-20(24(35)36)31-39(37,38)18-8-6-17(33)7-9-18/h5-10,14,20,22,31,33H,1-4,11-13,15H2,(H,29,34)(H,35,36)(H2,27,28,30)/t20-,22?/m0/s1. The Morgan fingerprint density at radius 3 is 2.59 bits per heavy atom. The Kier molecular flexibility index (Phi) is 8.86. The lowest BCUT2D eigenvalue weighted by Crippen LogP contribution is -2.55. The fourth-order valence-corrected chi connectivity index (χ4v) is 5.58. The lowest BCUT2D eigenvalue weighted by molar-refractivity contribution is -0.138. The number of halogens is 1. The highest BCUT2D eigenvalue weighted by molar-refractivity contribution is 7.89.